The van der Waals surface area contributed by atoms with Crippen LogP contribution >= 0.6 is 0 Å². The second kappa shape index (κ2) is 11.3. The molecule has 3 aromatic carbocycles. The minimum atomic E-state index is -0.191. The highest BCUT2D eigenvalue weighted by molar-refractivity contribution is 5.16. The van der Waals surface area contributed by atoms with E-state index in [9.17, 15) is 0 Å². The Hall–Kier alpha value is -2.54. The fourth-order valence-electron chi connectivity index (χ4n) is 5.04. The average Bonchev–Trinajstić information content (AvgIpc) is 3.27. The van der Waals surface area contributed by atoms with E-state index < -0.39 is 0 Å². The molecular weight excluding hydrogens is 426 g/mol. The van der Waals surface area contributed by atoms with Crippen LogP contribution in [0.25, 0.3) is 0 Å². The SMILES string of the molecule is CN1OC[C@H]2[C@H](OCc3ccccc3)[C@@H](OCc3ccccc3)[C@H](OCc3ccccc3)C[C@@H]21. The fourth-order valence-corrected chi connectivity index (χ4v) is 5.04. The molecule has 1 heterocycles. The van der Waals surface area contributed by atoms with Gasteiger partial charge in [0.05, 0.1) is 38.6 Å². The van der Waals surface area contributed by atoms with Crippen molar-refractivity contribution in [2.24, 2.45) is 5.92 Å². The van der Waals surface area contributed by atoms with E-state index in [-0.39, 0.29) is 30.3 Å². The van der Waals surface area contributed by atoms with Crippen molar-refractivity contribution in [3.05, 3.63) is 108 Å². The second-order valence-electron chi connectivity index (χ2n) is 9.17. The van der Waals surface area contributed by atoms with Crippen molar-refractivity contribution >= 4 is 0 Å². The summed E-state index contributed by atoms with van der Waals surface area (Å²) in [5, 5.41) is 1.98. The molecule has 1 aliphatic carbocycles. The van der Waals surface area contributed by atoms with Gasteiger partial charge in [-0.3, -0.25) is 4.84 Å². The van der Waals surface area contributed by atoms with E-state index in [0.717, 1.165) is 23.1 Å². The van der Waals surface area contributed by atoms with Gasteiger partial charge in [-0.1, -0.05) is 91.0 Å². The van der Waals surface area contributed by atoms with Gasteiger partial charge in [-0.25, -0.2) is 0 Å². The number of rotatable bonds is 9. The molecule has 5 atom stereocenters. The zero-order valence-electron chi connectivity index (χ0n) is 19.7. The molecule has 2 fully saturated rings. The highest BCUT2D eigenvalue weighted by atomic mass is 16.7. The van der Waals surface area contributed by atoms with Crippen molar-refractivity contribution in [1.82, 2.24) is 5.06 Å². The van der Waals surface area contributed by atoms with E-state index in [2.05, 4.69) is 36.4 Å². The highest BCUT2D eigenvalue weighted by Gasteiger charge is 2.51. The topological polar surface area (TPSA) is 40.2 Å². The van der Waals surface area contributed by atoms with Crippen molar-refractivity contribution in [2.75, 3.05) is 13.7 Å². The van der Waals surface area contributed by atoms with E-state index in [1.54, 1.807) is 0 Å². The summed E-state index contributed by atoms with van der Waals surface area (Å²) in [6, 6.07) is 31.2. The quantitative estimate of drug-likeness (QED) is 0.450. The summed E-state index contributed by atoms with van der Waals surface area (Å²) in [6.45, 7) is 2.24. The lowest BCUT2D eigenvalue weighted by Gasteiger charge is -2.44. The van der Waals surface area contributed by atoms with Gasteiger partial charge in [-0.05, 0) is 23.1 Å². The van der Waals surface area contributed by atoms with Gasteiger partial charge in [0.25, 0.3) is 0 Å². The molecule has 1 aliphatic heterocycles. The van der Waals surface area contributed by atoms with Crippen LogP contribution in [0.5, 0.6) is 0 Å². The van der Waals surface area contributed by atoms with E-state index >= 15 is 0 Å². The zero-order chi connectivity index (χ0) is 23.2. The predicted molar refractivity (Wildman–Crippen MR) is 131 cm³/mol. The minimum absolute atomic E-state index is 0.102. The van der Waals surface area contributed by atoms with Crippen LogP contribution in [0.1, 0.15) is 23.1 Å². The maximum Gasteiger partial charge on any atom is 0.111 e. The molecule has 0 N–H and O–H groups in total. The first-order chi connectivity index (χ1) is 16.8. The molecule has 0 radical (unpaired) electrons. The number of hydroxylamine groups is 2. The smallest absolute Gasteiger partial charge is 0.111 e. The molecule has 0 amide bonds. The van der Waals surface area contributed by atoms with Crippen LogP contribution in [-0.4, -0.2) is 43.1 Å². The van der Waals surface area contributed by atoms with E-state index in [1.807, 2.05) is 66.7 Å². The van der Waals surface area contributed by atoms with Gasteiger partial charge >= 0.3 is 0 Å². The molecule has 5 nitrogen and oxygen atoms in total. The Morgan fingerprint density at radius 3 is 1.68 bits per heavy atom. The third-order valence-corrected chi connectivity index (χ3v) is 6.90. The molecule has 0 bridgehead atoms. The van der Waals surface area contributed by atoms with Crippen LogP contribution in [-0.2, 0) is 38.9 Å². The number of benzene rings is 3. The lowest BCUT2D eigenvalue weighted by Crippen LogP contribution is -2.56. The molecule has 178 valence electrons. The van der Waals surface area contributed by atoms with Gasteiger partial charge in [-0.15, -0.1) is 0 Å². The number of hydrogen-bond acceptors (Lipinski definition) is 5. The molecule has 34 heavy (non-hydrogen) atoms. The van der Waals surface area contributed by atoms with Crippen molar-refractivity contribution in [3.8, 4) is 0 Å². The van der Waals surface area contributed by atoms with E-state index in [1.165, 1.54) is 0 Å². The molecule has 3 aromatic rings. The van der Waals surface area contributed by atoms with Crippen molar-refractivity contribution in [1.29, 1.82) is 0 Å². The maximum absolute atomic E-state index is 6.60. The van der Waals surface area contributed by atoms with E-state index in [4.69, 9.17) is 19.0 Å². The second-order valence-corrected chi connectivity index (χ2v) is 9.17. The highest BCUT2D eigenvalue weighted by Crippen LogP contribution is 2.39. The van der Waals surface area contributed by atoms with Crippen molar-refractivity contribution < 1.29 is 19.0 Å². The summed E-state index contributed by atoms with van der Waals surface area (Å²) in [7, 11) is 2.01. The first kappa shape index (κ1) is 23.2. The summed E-state index contributed by atoms with van der Waals surface area (Å²) >= 11 is 0. The van der Waals surface area contributed by atoms with Crippen molar-refractivity contribution in [3.63, 3.8) is 0 Å². The van der Waals surface area contributed by atoms with Crippen LogP contribution in [0.15, 0.2) is 91.0 Å². The Labute approximate surface area is 202 Å². The third kappa shape index (κ3) is 5.57. The first-order valence-corrected chi connectivity index (χ1v) is 12.1. The van der Waals surface area contributed by atoms with Crippen LogP contribution in [0, 0.1) is 5.92 Å². The largest absolute Gasteiger partial charge is 0.371 e. The van der Waals surface area contributed by atoms with Crippen molar-refractivity contribution in [2.45, 2.75) is 50.6 Å². The van der Waals surface area contributed by atoms with Gasteiger partial charge in [0.2, 0.25) is 0 Å². The van der Waals surface area contributed by atoms with Crippen LogP contribution in [0.4, 0.5) is 0 Å². The molecule has 1 saturated heterocycles. The van der Waals surface area contributed by atoms with Crippen LogP contribution in [0.3, 0.4) is 0 Å². The van der Waals surface area contributed by atoms with Gasteiger partial charge in [-0.2, -0.15) is 5.06 Å². The number of ether oxygens (including phenoxy) is 3. The number of hydrogen-bond donors (Lipinski definition) is 0. The lowest BCUT2D eigenvalue weighted by atomic mass is 9.79. The van der Waals surface area contributed by atoms with Crippen LogP contribution < -0.4 is 0 Å². The number of nitrogens with zero attached hydrogens (tertiary/aromatic N) is 1. The molecule has 2 aliphatic rings. The Bertz CT molecular complexity index is 1000. The monoisotopic (exact) mass is 459 g/mol. The Balaban J connectivity index is 1.37. The first-order valence-electron chi connectivity index (χ1n) is 12.1. The molecule has 0 aromatic heterocycles. The molecule has 5 rings (SSSR count). The standard InChI is InChI=1S/C29H33NO4/c1-30-26-17-27(31-18-22-11-5-2-6-12-22)29(33-20-24-15-9-4-10-16-24)28(25(26)21-34-30)32-19-23-13-7-3-8-14-23/h2-16,25-29H,17-21H2,1H3/t25-,26+,27-,28+,29+/m1/s1. The average molecular weight is 460 g/mol. The molecular formula is C29H33NO4. The maximum atomic E-state index is 6.60. The summed E-state index contributed by atoms with van der Waals surface area (Å²) in [5.41, 5.74) is 3.46. The normalized spacial score (nSPS) is 26.9. The Morgan fingerprint density at radius 1 is 0.676 bits per heavy atom. The van der Waals surface area contributed by atoms with E-state index in [0.29, 0.717) is 26.4 Å². The fraction of sp³-hybridized carbons (Fsp3) is 0.379. The minimum Gasteiger partial charge on any atom is -0.371 e. The Morgan fingerprint density at radius 2 is 1.15 bits per heavy atom. The predicted octanol–water partition coefficient (Wildman–Crippen LogP) is 5.01. The number of fused-ring (bicyclic) bond motifs is 1. The van der Waals surface area contributed by atoms with Gasteiger partial charge in [0.15, 0.2) is 0 Å². The lowest BCUT2D eigenvalue weighted by molar-refractivity contribution is -0.196. The summed E-state index contributed by atoms with van der Waals surface area (Å²) in [6.07, 6.45) is 0.422. The summed E-state index contributed by atoms with van der Waals surface area (Å²) in [4.78, 5) is 5.95. The van der Waals surface area contributed by atoms with Gasteiger partial charge in [0.1, 0.15) is 6.10 Å². The Kier molecular flexibility index (Phi) is 7.69. The third-order valence-electron chi connectivity index (χ3n) is 6.90. The summed E-state index contributed by atoms with van der Waals surface area (Å²) < 4.78 is 19.7. The molecule has 0 unspecified atom stereocenters. The molecule has 1 saturated carbocycles. The van der Waals surface area contributed by atoms with Gasteiger partial charge in [0, 0.05) is 19.0 Å². The van der Waals surface area contributed by atoms with Gasteiger partial charge < -0.3 is 14.2 Å². The molecule has 0 spiro atoms. The zero-order valence-corrected chi connectivity index (χ0v) is 19.7. The molecule has 5 heteroatoms. The van der Waals surface area contributed by atoms with Crippen LogP contribution in [0.2, 0.25) is 0 Å². The summed E-state index contributed by atoms with van der Waals surface area (Å²) in [5.74, 6) is 0.228.